The summed E-state index contributed by atoms with van der Waals surface area (Å²) in [5.41, 5.74) is 0.761. The highest BCUT2D eigenvalue weighted by atomic mass is 16.1. The SMILES string of the molecule is CC(NC(=O)Cc1ccccn1)c1ncc[nH]1. The molecular weight excluding hydrogens is 216 g/mol. The molecule has 0 aliphatic carbocycles. The molecule has 1 unspecified atom stereocenters. The van der Waals surface area contributed by atoms with E-state index in [1.807, 2.05) is 25.1 Å². The Morgan fingerprint density at radius 1 is 1.41 bits per heavy atom. The van der Waals surface area contributed by atoms with Crippen LogP contribution in [0.3, 0.4) is 0 Å². The van der Waals surface area contributed by atoms with Gasteiger partial charge in [-0.3, -0.25) is 9.78 Å². The first-order chi connectivity index (χ1) is 8.25. The van der Waals surface area contributed by atoms with E-state index in [2.05, 4.69) is 20.3 Å². The fourth-order valence-electron chi connectivity index (χ4n) is 1.54. The lowest BCUT2D eigenvalue weighted by Gasteiger charge is -2.10. The minimum Gasteiger partial charge on any atom is -0.347 e. The maximum absolute atomic E-state index is 11.7. The Morgan fingerprint density at radius 3 is 2.94 bits per heavy atom. The molecule has 0 spiro atoms. The zero-order valence-electron chi connectivity index (χ0n) is 9.55. The number of aromatic amines is 1. The van der Waals surface area contributed by atoms with Crippen molar-refractivity contribution in [3.8, 4) is 0 Å². The van der Waals surface area contributed by atoms with Gasteiger partial charge in [-0.05, 0) is 19.1 Å². The van der Waals surface area contributed by atoms with Gasteiger partial charge in [0.05, 0.1) is 12.5 Å². The zero-order valence-corrected chi connectivity index (χ0v) is 9.55. The average Bonchev–Trinajstić information content (AvgIpc) is 2.83. The number of carbonyl (C=O) groups excluding carboxylic acids is 1. The van der Waals surface area contributed by atoms with Gasteiger partial charge in [0.25, 0.3) is 0 Å². The third kappa shape index (κ3) is 3.14. The van der Waals surface area contributed by atoms with Gasteiger partial charge in [0, 0.05) is 24.3 Å². The first-order valence-electron chi connectivity index (χ1n) is 5.44. The van der Waals surface area contributed by atoms with E-state index in [0.717, 1.165) is 11.5 Å². The number of imidazole rings is 1. The van der Waals surface area contributed by atoms with Gasteiger partial charge in [0.1, 0.15) is 5.82 Å². The molecule has 2 aromatic heterocycles. The smallest absolute Gasteiger partial charge is 0.226 e. The van der Waals surface area contributed by atoms with Crippen molar-refractivity contribution < 1.29 is 4.79 Å². The van der Waals surface area contributed by atoms with Gasteiger partial charge < -0.3 is 10.3 Å². The predicted octanol–water partition coefficient (Wildman–Crippen LogP) is 1.22. The predicted molar refractivity (Wildman–Crippen MR) is 63.1 cm³/mol. The molecule has 2 rings (SSSR count). The minimum atomic E-state index is -0.124. The normalized spacial score (nSPS) is 12.1. The number of amides is 1. The number of pyridine rings is 1. The van der Waals surface area contributed by atoms with Gasteiger partial charge in [-0.25, -0.2) is 4.98 Å². The molecule has 88 valence electrons. The van der Waals surface area contributed by atoms with Gasteiger partial charge in [-0.15, -0.1) is 0 Å². The van der Waals surface area contributed by atoms with Crippen LogP contribution in [0.1, 0.15) is 24.5 Å². The molecule has 0 fully saturated rings. The van der Waals surface area contributed by atoms with Gasteiger partial charge in [-0.1, -0.05) is 6.07 Å². The van der Waals surface area contributed by atoms with Crippen LogP contribution in [0, 0.1) is 0 Å². The average molecular weight is 230 g/mol. The summed E-state index contributed by atoms with van der Waals surface area (Å²) >= 11 is 0. The van der Waals surface area contributed by atoms with E-state index < -0.39 is 0 Å². The fourth-order valence-corrected chi connectivity index (χ4v) is 1.54. The number of rotatable bonds is 4. The van der Waals surface area contributed by atoms with Crippen molar-refractivity contribution in [1.29, 1.82) is 0 Å². The topological polar surface area (TPSA) is 70.7 Å². The van der Waals surface area contributed by atoms with Gasteiger partial charge in [0.2, 0.25) is 5.91 Å². The maximum atomic E-state index is 11.7. The van der Waals surface area contributed by atoms with Crippen molar-refractivity contribution in [3.05, 3.63) is 48.3 Å². The van der Waals surface area contributed by atoms with Crippen molar-refractivity contribution >= 4 is 5.91 Å². The number of H-pyrrole nitrogens is 1. The lowest BCUT2D eigenvalue weighted by molar-refractivity contribution is -0.121. The fraction of sp³-hybridized carbons (Fsp3) is 0.250. The van der Waals surface area contributed by atoms with Crippen LogP contribution in [-0.4, -0.2) is 20.9 Å². The molecule has 1 amide bonds. The van der Waals surface area contributed by atoms with E-state index in [1.165, 1.54) is 0 Å². The van der Waals surface area contributed by atoms with Crippen LogP contribution in [0.5, 0.6) is 0 Å². The summed E-state index contributed by atoms with van der Waals surface area (Å²) in [4.78, 5) is 22.9. The Hall–Kier alpha value is -2.17. The Kier molecular flexibility index (Phi) is 3.49. The van der Waals surface area contributed by atoms with E-state index >= 15 is 0 Å². The molecule has 1 atom stereocenters. The van der Waals surface area contributed by atoms with Crippen LogP contribution >= 0.6 is 0 Å². The monoisotopic (exact) mass is 230 g/mol. The van der Waals surface area contributed by atoms with E-state index in [1.54, 1.807) is 18.6 Å². The van der Waals surface area contributed by atoms with Gasteiger partial charge in [0.15, 0.2) is 0 Å². The first-order valence-corrected chi connectivity index (χ1v) is 5.44. The number of aromatic nitrogens is 3. The Bertz CT molecular complexity index is 467. The Balaban J connectivity index is 1.90. The Morgan fingerprint density at radius 2 is 2.29 bits per heavy atom. The highest BCUT2D eigenvalue weighted by molar-refractivity contribution is 5.78. The van der Waals surface area contributed by atoms with Crippen molar-refractivity contribution in [2.24, 2.45) is 0 Å². The minimum absolute atomic E-state index is 0.0624. The van der Waals surface area contributed by atoms with E-state index in [0.29, 0.717) is 0 Å². The lowest BCUT2D eigenvalue weighted by Crippen LogP contribution is -2.28. The molecule has 0 saturated carbocycles. The molecule has 0 radical (unpaired) electrons. The molecule has 2 N–H and O–H groups in total. The number of hydrogen-bond donors (Lipinski definition) is 2. The van der Waals surface area contributed by atoms with Crippen molar-refractivity contribution in [1.82, 2.24) is 20.3 Å². The number of hydrogen-bond acceptors (Lipinski definition) is 3. The molecule has 2 aromatic rings. The van der Waals surface area contributed by atoms with Crippen LogP contribution in [-0.2, 0) is 11.2 Å². The third-order valence-corrected chi connectivity index (χ3v) is 2.37. The number of nitrogens with zero attached hydrogens (tertiary/aromatic N) is 2. The van der Waals surface area contributed by atoms with Crippen LogP contribution in [0.2, 0.25) is 0 Å². The van der Waals surface area contributed by atoms with Crippen molar-refractivity contribution in [3.63, 3.8) is 0 Å². The van der Waals surface area contributed by atoms with Gasteiger partial charge in [-0.2, -0.15) is 0 Å². The molecule has 0 bridgehead atoms. The quantitative estimate of drug-likeness (QED) is 0.829. The van der Waals surface area contributed by atoms with Crippen LogP contribution in [0.25, 0.3) is 0 Å². The molecular formula is C12H14N4O. The van der Waals surface area contributed by atoms with E-state index in [9.17, 15) is 4.79 Å². The summed E-state index contributed by atoms with van der Waals surface area (Å²) < 4.78 is 0. The summed E-state index contributed by atoms with van der Waals surface area (Å²) in [5.74, 6) is 0.687. The maximum Gasteiger partial charge on any atom is 0.226 e. The standard InChI is InChI=1S/C12H14N4O/c1-9(12-14-6-7-15-12)16-11(17)8-10-4-2-3-5-13-10/h2-7,9H,8H2,1H3,(H,14,15)(H,16,17). The second-order valence-electron chi connectivity index (χ2n) is 3.76. The van der Waals surface area contributed by atoms with E-state index in [-0.39, 0.29) is 18.4 Å². The Labute approximate surface area is 99.3 Å². The van der Waals surface area contributed by atoms with Crippen molar-refractivity contribution in [2.75, 3.05) is 0 Å². The summed E-state index contributed by atoms with van der Waals surface area (Å²) in [5, 5.41) is 2.86. The second kappa shape index (κ2) is 5.25. The third-order valence-electron chi connectivity index (χ3n) is 2.37. The second-order valence-corrected chi connectivity index (χ2v) is 3.76. The molecule has 5 heteroatoms. The highest BCUT2D eigenvalue weighted by Gasteiger charge is 2.11. The molecule has 2 heterocycles. The summed E-state index contributed by atoms with van der Waals surface area (Å²) in [7, 11) is 0. The molecule has 0 saturated heterocycles. The molecule has 0 aromatic carbocycles. The molecule has 0 aliphatic rings. The first kappa shape index (κ1) is 11.3. The van der Waals surface area contributed by atoms with Crippen molar-refractivity contribution in [2.45, 2.75) is 19.4 Å². The van der Waals surface area contributed by atoms with Crippen LogP contribution in [0.15, 0.2) is 36.8 Å². The van der Waals surface area contributed by atoms with E-state index in [4.69, 9.17) is 0 Å². The molecule has 0 aliphatic heterocycles. The highest BCUT2D eigenvalue weighted by Crippen LogP contribution is 2.05. The summed E-state index contributed by atoms with van der Waals surface area (Å²) in [6, 6.07) is 5.40. The lowest BCUT2D eigenvalue weighted by atomic mass is 10.2. The van der Waals surface area contributed by atoms with Gasteiger partial charge >= 0.3 is 0 Å². The summed E-state index contributed by atoms with van der Waals surface area (Å²) in [6.45, 7) is 1.88. The number of carbonyl (C=O) groups is 1. The molecule has 17 heavy (non-hydrogen) atoms. The number of nitrogens with one attached hydrogen (secondary N) is 2. The van der Waals surface area contributed by atoms with Crippen LogP contribution in [0.4, 0.5) is 0 Å². The van der Waals surface area contributed by atoms with Crippen LogP contribution < -0.4 is 5.32 Å². The summed E-state index contributed by atoms with van der Waals surface area (Å²) in [6.07, 6.45) is 5.36. The zero-order chi connectivity index (χ0) is 12.1. The molecule has 5 nitrogen and oxygen atoms in total. The largest absolute Gasteiger partial charge is 0.347 e.